The molecule has 2 saturated carbocycles. The summed E-state index contributed by atoms with van der Waals surface area (Å²) < 4.78 is 5.19. The molecule has 0 saturated heterocycles. The number of rotatable bonds is 6. The van der Waals surface area contributed by atoms with Crippen molar-refractivity contribution in [2.75, 3.05) is 25.6 Å². The van der Waals surface area contributed by atoms with Crippen molar-refractivity contribution in [3.05, 3.63) is 29.8 Å². The number of nitrogens with one attached hydrogen (secondary N) is 1. The number of anilines is 1. The summed E-state index contributed by atoms with van der Waals surface area (Å²) in [4.78, 5) is 0. The molecule has 2 aliphatic rings. The van der Waals surface area contributed by atoms with Crippen molar-refractivity contribution >= 4 is 5.69 Å². The highest BCUT2D eigenvalue weighted by Gasteiger charge is 2.39. The summed E-state index contributed by atoms with van der Waals surface area (Å²) in [7, 11) is 1.77. The number of methoxy groups -OCH3 is 1. The first-order valence-electron chi connectivity index (χ1n) is 7.67. The molecule has 0 spiro atoms. The Morgan fingerprint density at radius 2 is 2.11 bits per heavy atom. The van der Waals surface area contributed by atoms with E-state index in [1.165, 1.54) is 36.9 Å². The molecule has 0 aromatic heterocycles. The van der Waals surface area contributed by atoms with Crippen molar-refractivity contribution in [3.8, 4) is 0 Å². The minimum Gasteiger partial charge on any atom is -0.385 e. The third-order valence-electron chi connectivity index (χ3n) is 5.03. The van der Waals surface area contributed by atoms with Crippen LogP contribution in [0.3, 0.4) is 0 Å². The zero-order valence-corrected chi connectivity index (χ0v) is 11.9. The van der Waals surface area contributed by atoms with Crippen LogP contribution in [0.2, 0.25) is 0 Å². The molecule has 1 N–H and O–H groups in total. The second-order valence-electron chi connectivity index (χ2n) is 6.22. The van der Waals surface area contributed by atoms with E-state index in [-0.39, 0.29) is 0 Å². The third-order valence-corrected chi connectivity index (χ3v) is 5.03. The van der Waals surface area contributed by atoms with Gasteiger partial charge in [0.2, 0.25) is 0 Å². The van der Waals surface area contributed by atoms with Crippen LogP contribution >= 0.6 is 0 Å². The van der Waals surface area contributed by atoms with E-state index in [9.17, 15) is 0 Å². The molecule has 2 fully saturated rings. The van der Waals surface area contributed by atoms with Crippen molar-refractivity contribution in [3.63, 3.8) is 0 Å². The van der Waals surface area contributed by atoms with Gasteiger partial charge >= 0.3 is 0 Å². The number of ether oxygens (including phenoxy) is 1. The fraction of sp³-hybridized carbons (Fsp3) is 0.647. The number of para-hydroxylation sites is 1. The maximum absolute atomic E-state index is 5.19. The van der Waals surface area contributed by atoms with Crippen molar-refractivity contribution in [2.45, 2.75) is 32.1 Å². The number of hydrogen-bond donors (Lipinski definition) is 1. The Labute approximate surface area is 116 Å². The Bertz CT molecular complexity index is 417. The molecule has 19 heavy (non-hydrogen) atoms. The van der Waals surface area contributed by atoms with Crippen LogP contribution in [-0.2, 0) is 11.2 Å². The summed E-state index contributed by atoms with van der Waals surface area (Å²) in [5, 5.41) is 3.69. The van der Waals surface area contributed by atoms with Gasteiger partial charge < -0.3 is 10.1 Å². The highest BCUT2D eigenvalue weighted by molar-refractivity contribution is 5.51. The van der Waals surface area contributed by atoms with Crippen LogP contribution in [0.25, 0.3) is 0 Å². The van der Waals surface area contributed by atoms with Gasteiger partial charge in [0.15, 0.2) is 0 Å². The Morgan fingerprint density at radius 1 is 1.21 bits per heavy atom. The van der Waals surface area contributed by atoms with Crippen LogP contribution in [0.15, 0.2) is 24.3 Å². The minimum atomic E-state index is 0.798. The largest absolute Gasteiger partial charge is 0.385 e. The number of fused-ring (bicyclic) bond motifs is 2. The van der Waals surface area contributed by atoms with E-state index in [4.69, 9.17) is 4.74 Å². The van der Waals surface area contributed by atoms with Crippen LogP contribution in [-0.4, -0.2) is 20.3 Å². The molecule has 0 heterocycles. The first kappa shape index (κ1) is 13.0. The summed E-state index contributed by atoms with van der Waals surface area (Å²) in [6.45, 7) is 1.96. The molecular weight excluding hydrogens is 234 g/mol. The van der Waals surface area contributed by atoms with Crippen molar-refractivity contribution in [2.24, 2.45) is 17.8 Å². The zero-order valence-electron chi connectivity index (χ0n) is 11.9. The maximum Gasteiger partial charge on any atom is 0.0503 e. The van der Waals surface area contributed by atoms with Gasteiger partial charge in [-0.2, -0.15) is 0 Å². The Balaban J connectivity index is 1.57. The normalized spacial score (nSPS) is 28.8. The Kier molecular flexibility index (Phi) is 4.07. The van der Waals surface area contributed by atoms with E-state index in [0.29, 0.717) is 0 Å². The molecule has 3 unspecified atom stereocenters. The SMILES string of the molecule is COCCc1ccccc1NCC1CC2CCC1C2. The van der Waals surface area contributed by atoms with Crippen LogP contribution in [0.1, 0.15) is 31.2 Å². The molecule has 2 bridgehead atoms. The molecule has 1 aromatic carbocycles. The second-order valence-corrected chi connectivity index (χ2v) is 6.22. The third kappa shape index (κ3) is 2.94. The highest BCUT2D eigenvalue weighted by Crippen LogP contribution is 2.48. The summed E-state index contributed by atoms with van der Waals surface area (Å²) in [6, 6.07) is 8.66. The smallest absolute Gasteiger partial charge is 0.0503 e. The average molecular weight is 259 g/mol. The fourth-order valence-corrected chi connectivity index (χ4v) is 3.99. The quantitative estimate of drug-likeness (QED) is 0.840. The second kappa shape index (κ2) is 5.96. The van der Waals surface area contributed by atoms with Gasteiger partial charge in [0.1, 0.15) is 0 Å². The molecular formula is C17H25NO. The molecule has 3 atom stereocenters. The van der Waals surface area contributed by atoms with E-state index >= 15 is 0 Å². The zero-order chi connectivity index (χ0) is 13.1. The van der Waals surface area contributed by atoms with E-state index in [0.717, 1.165) is 37.3 Å². The van der Waals surface area contributed by atoms with E-state index in [2.05, 4.69) is 29.6 Å². The lowest BCUT2D eigenvalue weighted by atomic mass is 9.89. The molecule has 0 radical (unpaired) electrons. The Hall–Kier alpha value is -1.02. The molecule has 104 valence electrons. The van der Waals surface area contributed by atoms with Crippen LogP contribution < -0.4 is 5.32 Å². The van der Waals surface area contributed by atoms with Crippen molar-refractivity contribution in [1.82, 2.24) is 0 Å². The van der Waals surface area contributed by atoms with Gasteiger partial charge in [0, 0.05) is 19.3 Å². The molecule has 2 heteroatoms. The van der Waals surface area contributed by atoms with Gasteiger partial charge in [-0.05, 0) is 55.1 Å². The summed E-state index contributed by atoms with van der Waals surface area (Å²) in [6.07, 6.45) is 6.92. The lowest BCUT2D eigenvalue weighted by Crippen LogP contribution is -2.20. The van der Waals surface area contributed by atoms with Crippen molar-refractivity contribution in [1.29, 1.82) is 0 Å². The molecule has 0 amide bonds. The predicted molar refractivity (Wildman–Crippen MR) is 79.4 cm³/mol. The fourth-order valence-electron chi connectivity index (χ4n) is 3.99. The first-order chi connectivity index (χ1) is 9.36. The molecule has 1 aromatic rings. The van der Waals surface area contributed by atoms with Crippen LogP contribution in [0.5, 0.6) is 0 Å². The lowest BCUT2D eigenvalue weighted by molar-refractivity contribution is 0.202. The van der Waals surface area contributed by atoms with Gasteiger partial charge in [-0.3, -0.25) is 0 Å². The van der Waals surface area contributed by atoms with Crippen LogP contribution in [0, 0.1) is 17.8 Å². The van der Waals surface area contributed by atoms with Gasteiger partial charge in [0.25, 0.3) is 0 Å². The predicted octanol–water partition coefficient (Wildman–Crippen LogP) is 3.72. The first-order valence-corrected chi connectivity index (χ1v) is 7.67. The topological polar surface area (TPSA) is 21.3 Å². The highest BCUT2D eigenvalue weighted by atomic mass is 16.5. The molecule has 2 aliphatic carbocycles. The van der Waals surface area contributed by atoms with Crippen LogP contribution in [0.4, 0.5) is 5.69 Å². The summed E-state index contributed by atoms with van der Waals surface area (Å²) in [5.41, 5.74) is 2.69. The van der Waals surface area contributed by atoms with E-state index < -0.39 is 0 Å². The van der Waals surface area contributed by atoms with E-state index in [1.807, 2.05) is 0 Å². The number of benzene rings is 1. The number of hydrogen-bond acceptors (Lipinski definition) is 2. The minimum absolute atomic E-state index is 0.798. The average Bonchev–Trinajstić information content (AvgIpc) is 3.06. The van der Waals surface area contributed by atoms with Crippen molar-refractivity contribution < 1.29 is 4.74 Å². The summed E-state index contributed by atoms with van der Waals surface area (Å²) >= 11 is 0. The van der Waals surface area contributed by atoms with Gasteiger partial charge in [-0.25, -0.2) is 0 Å². The monoisotopic (exact) mass is 259 g/mol. The lowest BCUT2D eigenvalue weighted by Gasteiger charge is -2.23. The van der Waals surface area contributed by atoms with Gasteiger partial charge in [-0.1, -0.05) is 24.6 Å². The summed E-state index contributed by atoms with van der Waals surface area (Å²) in [5.74, 6) is 2.96. The standard InChI is InChI=1S/C17H25NO/c1-19-9-8-14-4-2-3-5-17(14)18-12-16-11-13-6-7-15(16)10-13/h2-5,13,15-16,18H,6-12H2,1H3. The maximum atomic E-state index is 5.19. The Morgan fingerprint density at radius 3 is 2.84 bits per heavy atom. The van der Waals surface area contributed by atoms with Gasteiger partial charge in [-0.15, -0.1) is 0 Å². The molecule has 2 nitrogen and oxygen atoms in total. The molecule has 0 aliphatic heterocycles. The van der Waals surface area contributed by atoms with Gasteiger partial charge in [0.05, 0.1) is 6.61 Å². The molecule has 3 rings (SSSR count). The van der Waals surface area contributed by atoms with E-state index in [1.54, 1.807) is 7.11 Å².